The first-order valence-corrected chi connectivity index (χ1v) is 13.7. The van der Waals surface area contributed by atoms with Crippen molar-refractivity contribution in [1.82, 2.24) is 0 Å². The first-order valence-electron chi connectivity index (χ1n) is 10.8. The summed E-state index contributed by atoms with van der Waals surface area (Å²) in [6.07, 6.45) is 9.37. The molecule has 2 aromatic rings. The predicted molar refractivity (Wildman–Crippen MR) is 139 cm³/mol. The number of hydrogen-bond acceptors (Lipinski definition) is 8. The lowest BCUT2D eigenvalue weighted by Gasteiger charge is -2.13. The van der Waals surface area contributed by atoms with Gasteiger partial charge in [-0.2, -0.15) is 32.0 Å². The molecule has 2 amide bonds. The monoisotopic (exact) mass is 556 g/mol. The fraction of sp³-hybridized carbons (Fsp3) is 0.0833. The quantitative estimate of drug-likeness (QED) is 0.297. The third-order valence-corrected chi connectivity index (χ3v) is 7.20. The van der Waals surface area contributed by atoms with Crippen LogP contribution in [0.1, 0.15) is 6.92 Å². The fourth-order valence-electron chi connectivity index (χ4n) is 3.53. The minimum absolute atomic E-state index is 0.299. The molecule has 1 unspecified atom stereocenters. The number of benzene rings is 2. The number of anilines is 2. The summed E-state index contributed by atoms with van der Waals surface area (Å²) in [4.78, 5) is 24.8. The summed E-state index contributed by atoms with van der Waals surface area (Å²) in [6, 6.07) is 10.1. The largest absolute Gasteiger partial charge is 0.294 e. The Morgan fingerprint density at radius 2 is 1.32 bits per heavy atom. The maximum atomic E-state index is 12.8. The maximum absolute atomic E-state index is 12.8. The minimum atomic E-state index is -4.36. The van der Waals surface area contributed by atoms with Crippen LogP contribution in [-0.4, -0.2) is 49.7 Å². The van der Waals surface area contributed by atoms with E-state index in [4.69, 9.17) is 9.11 Å². The van der Waals surface area contributed by atoms with Crippen LogP contribution in [0.5, 0.6) is 0 Å². The summed E-state index contributed by atoms with van der Waals surface area (Å²) in [5.74, 6) is -1.45. The van der Waals surface area contributed by atoms with Crippen LogP contribution in [0, 0.1) is 5.92 Å². The van der Waals surface area contributed by atoms with Gasteiger partial charge < -0.3 is 0 Å². The Labute approximate surface area is 218 Å². The van der Waals surface area contributed by atoms with E-state index in [2.05, 4.69) is 10.2 Å². The second kappa shape index (κ2) is 10.3. The van der Waals surface area contributed by atoms with E-state index >= 15 is 0 Å². The van der Waals surface area contributed by atoms with Crippen molar-refractivity contribution in [2.45, 2.75) is 16.7 Å². The molecule has 0 saturated carbocycles. The molecule has 4 rings (SSSR count). The van der Waals surface area contributed by atoms with Crippen LogP contribution in [-0.2, 0) is 29.8 Å². The first-order chi connectivity index (χ1) is 17.9. The number of nitrogens with zero attached hydrogens (tertiary/aromatic N) is 4. The van der Waals surface area contributed by atoms with E-state index < -0.39 is 32.1 Å². The summed E-state index contributed by atoms with van der Waals surface area (Å²) in [7, 11) is -8.70. The molecule has 2 aliphatic heterocycles. The third kappa shape index (κ3) is 5.68. The van der Waals surface area contributed by atoms with Crippen LogP contribution >= 0.6 is 0 Å². The molecule has 12 nitrogen and oxygen atoms in total. The van der Waals surface area contributed by atoms with Crippen molar-refractivity contribution in [2.75, 3.05) is 10.0 Å². The van der Waals surface area contributed by atoms with Gasteiger partial charge in [-0.15, -0.1) is 0 Å². The van der Waals surface area contributed by atoms with Crippen molar-refractivity contribution in [3.63, 3.8) is 0 Å². The molecule has 196 valence electrons. The van der Waals surface area contributed by atoms with Crippen molar-refractivity contribution < 1.29 is 35.5 Å². The van der Waals surface area contributed by atoms with Crippen molar-refractivity contribution in [2.24, 2.45) is 16.1 Å². The molecule has 0 saturated heterocycles. The summed E-state index contributed by atoms with van der Waals surface area (Å²) >= 11 is 0. The lowest BCUT2D eigenvalue weighted by atomic mass is 10.1. The Balaban J connectivity index is 1.38. The summed E-state index contributed by atoms with van der Waals surface area (Å²) in [6.45, 7) is 1.64. The van der Waals surface area contributed by atoms with E-state index in [1.54, 1.807) is 37.3 Å². The molecule has 0 bridgehead atoms. The van der Waals surface area contributed by atoms with Crippen LogP contribution in [0.3, 0.4) is 0 Å². The van der Waals surface area contributed by atoms with Crippen molar-refractivity contribution >= 4 is 55.4 Å². The summed E-state index contributed by atoms with van der Waals surface area (Å²) in [5, 5.41) is 10.5. The van der Waals surface area contributed by atoms with E-state index in [9.17, 15) is 26.4 Å². The maximum Gasteiger partial charge on any atom is 0.294 e. The Hall–Kier alpha value is -4.24. The minimum Gasteiger partial charge on any atom is -0.282 e. The summed E-state index contributed by atoms with van der Waals surface area (Å²) in [5.41, 5.74) is 1.41. The van der Waals surface area contributed by atoms with Crippen LogP contribution in [0.2, 0.25) is 0 Å². The van der Waals surface area contributed by atoms with Gasteiger partial charge in [0.2, 0.25) is 0 Å². The molecule has 2 heterocycles. The zero-order valence-electron chi connectivity index (χ0n) is 19.6. The third-order valence-electron chi connectivity index (χ3n) is 5.46. The highest BCUT2D eigenvalue weighted by Gasteiger charge is 2.29. The van der Waals surface area contributed by atoms with E-state index in [0.717, 1.165) is 22.2 Å². The van der Waals surface area contributed by atoms with E-state index in [0.29, 0.717) is 22.7 Å². The Morgan fingerprint density at radius 1 is 0.789 bits per heavy atom. The van der Waals surface area contributed by atoms with E-state index in [-0.39, 0.29) is 15.7 Å². The fourth-order valence-corrected chi connectivity index (χ4v) is 4.49. The first kappa shape index (κ1) is 26.8. The molecule has 2 aliphatic rings. The Morgan fingerprint density at radius 3 is 1.84 bits per heavy atom. The zero-order chi connectivity index (χ0) is 27.7. The van der Waals surface area contributed by atoms with Gasteiger partial charge in [0.1, 0.15) is 0 Å². The molecule has 38 heavy (non-hydrogen) atoms. The number of hydrogen-bond donors (Lipinski definition) is 2. The predicted octanol–water partition coefficient (Wildman–Crippen LogP) is 2.59. The number of amides is 2. The second-order valence-electron chi connectivity index (χ2n) is 8.03. The Bertz CT molecular complexity index is 1650. The normalized spacial score (nSPS) is 19.5. The molecule has 0 spiro atoms. The lowest BCUT2D eigenvalue weighted by Crippen LogP contribution is -2.24. The number of hydrazone groups is 2. The van der Waals surface area contributed by atoms with Gasteiger partial charge in [0, 0.05) is 6.21 Å². The van der Waals surface area contributed by atoms with Gasteiger partial charge >= 0.3 is 0 Å². The molecule has 2 aromatic carbocycles. The average molecular weight is 557 g/mol. The molecule has 0 fully saturated rings. The number of carbonyl (C=O) groups excluding carboxylic acids is 2. The van der Waals surface area contributed by atoms with Gasteiger partial charge in [-0.1, -0.05) is 24.3 Å². The van der Waals surface area contributed by atoms with Gasteiger partial charge in [-0.05, 0) is 61.5 Å². The molecular weight excluding hydrogens is 536 g/mol. The Kier molecular flexibility index (Phi) is 7.24. The van der Waals surface area contributed by atoms with Crippen LogP contribution in [0.4, 0.5) is 11.4 Å². The number of rotatable bonds is 7. The second-order valence-corrected chi connectivity index (χ2v) is 10.9. The van der Waals surface area contributed by atoms with Gasteiger partial charge in [0.25, 0.3) is 32.1 Å². The lowest BCUT2D eigenvalue weighted by molar-refractivity contribution is -0.118. The average Bonchev–Trinajstić information content (AvgIpc) is 3.36. The van der Waals surface area contributed by atoms with E-state index in [1.807, 2.05) is 0 Å². The SMILES string of the molecule is CC1=NN(c2ccc(S(=O)(=O)O)cc2)C(=O)C1=CC=CC=CC1C=NN(c2ccc(S(=O)(=O)O)cc2)C1=O. The van der Waals surface area contributed by atoms with Gasteiger partial charge in [-0.25, -0.2) is 5.01 Å². The van der Waals surface area contributed by atoms with Crippen molar-refractivity contribution in [3.05, 3.63) is 84.5 Å². The molecule has 14 heteroatoms. The molecule has 0 radical (unpaired) electrons. The highest BCUT2D eigenvalue weighted by atomic mass is 32.2. The van der Waals surface area contributed by atoms with Gasteiger partial charge in [0.15, 0.2) is 0 Å². The highest BCUT2D eigenvalue weighted by Crippen LogP contribution is 2.26. The van der Waals surface area contributed by atoms with Crippen LogP contribution in [0.15, 0.2) is 104 Å². The van der Waals surface area contributed by atoms with Gasteiger partial charge in [0.05, 0.1) is 38.4 Å². The smallest absolute Gasteiger partial charge is 0.282 e. The van der Waals surface area contributed by atoms with Crippen LogP contribution < -0.4 is 10.0 Å². The van der Waals surface area contributed by atoms with E-state index in [1.165, 1.54) is 42.6 Å². The molecule has 2 N–H and O–H groups in total. The number of carbonyl (C=O) groups is 2. The highest BCUT2D eigenvalue weighted by molar-refractivity contribution is 7.86. The van der Waals surface area contributed by atoms with Crippen LogP contribution in [0.25, 0.3) is 0 Å². The van der Waals surface area contributed by atoms with Crippen molar-refractivity contribution in [3.8, 4) is 0 Å². The zero-order valence-corrected chi connectivity index (χ0v) is 21.2. The summed E-state index contributed by atoms with van der Waals surface area (Å²) < 4.78 is 62.9. The molecule has 0 aromatic heterocycles. The number of allylic oxidation sites excluding steroid dienone is 4. The van der Waals surface area contributed by atoms with Crippen molar-refractivity contribution in [1.29, 1.82) is 0 Å². The van der Waals surface area contributed by atoms with Gasteiger partial charge in [-0.3, -0.25) is 18.7 Å². The topological polar surface area (TPSA) is 174 Å². The standard InChI is InChI=1S/C24H20N4O8S2/c1-16-22(24(30)28(26-16)19-9-13-21(14-10-19)38(34,35)36)6-4-2-3-5-17-15-25-27(23(17)29)18-7-11-20(12-8-18)37(31,32)33/h2-15,17H,1H3,(H,31,32,33)(H,34,35,36). The molecule has 1 atom stereocenters. The molecule has 0 aliphatic carbocycles. The molecular formula is C24H20N4O8S2.